The maximum atomic E-state index is 11.8. The second-order valence-electron chi connectivity index (χ2n) is 4.73. The van der Waals surface area contributed by atoms with Gasteiger partial charge in [-0.05, 0) is 13.8 Å². The Labute approximate surface area is 118 Å². The molecule has 0 aliphatic carbocycles. The third-order valence-corrected chi connectivity index (χ3v) is 2.69. The van der Waals surface area contributed by atoms with Gasteiger partial charge in [-0.25, -0.2) is 0 Å². The van der Waals surface area contributed by atoms with Crippen LogP contribution in [0.5, 0.6) is 0 Å². The summed E-state index contributed by atoms with van der Waals surface area (Å²) in [7, 11) is 0. The summed E-state index contributed by atoms with van der Waals surface area (Å²) in [4.78, 5) is 23.6. The molecule has 1 aliphatic heterocycles. The highest BCUT2D eigenvalue weighted by molar-refractivity contribution is 5.99. The van der Waals surface area contributed by atoms with Crippen LogP contribution in [0.3, 0.4) is 0 Å². The van der Waals surface area contributed by atoms with Gasteiger partial charge in [-0.1, -0.05) is 0 Å². The number of hydrogen-bond donors (Lipinski definition) is 0. The summed E-state index contributed by atoms with van der Waals surface area (Å²) in [6, 6.07) is 0. The smallest absolute Gasteiger partial charge is 0.322 e. The summed E-state index contributed by atoms with van der Waals surface area (Å²) in [6.45, 7) is 5.40. The first kappa shape index (κ1) is 16.9. The van der Waals surface area contributed by atoms with Crippen LogP contribution >= 0.6 is 0 Å². The van der Waals surface area contributed by atoms with Crippen LogP contribution in [-0.4, -0.2) is 64.8 Å². The molecule has 0 radical (unpaired) electrons. The SMILES string of the molecule is CC1(C)C(=O)OCCOCCOCCOCCOC1=O. The van der Waals surface area contributed by atoms with Gasteiger partial charge in [-0.3, -0.25) is 9.59 Å². The molecule has 1 fully saturated rings. The fourth-order valence-electron chi connectivity index (χ4n) is 1.37. The van der Waals surface area contributed by atoms with Gasteiger partial charge in [0.05, 0.1) is 39.6 Å². The minimum Gasteiger partial charge on any atom is -0.462 e. The van der Waals surface area contributed by atoms with E-state index in [0.717, 1.165) is 0 Å². The summed E-state index contributed by atoms with van der Waals surface area (Å²) < 4.78 is 25.7. The second-order valence-corrected chi connectivity index (χ2v) is 4.73. The van der Waals surface area contributed by atoms with Crippen molar-refractivity contribution in [3.8, 4) is 0 Å². The fourth-order valence-corrected chi connectivity index (χ4v) is 1.37. The van der Waals surface area contributed by atoms with Crippen LogP contribution in [0.1, 0.15) is 13.8 Å². The van der Waals surface area contributed by atoms with E-state index < -0.39 is 17.4 Å². The largest absolute Gasteiger partial charge is 0.462 e. The van der Waals surface area contributed by atoms with Gasteiger partial charge in [0.1, 0.15) is 13.2 Å². The lowest BCUT2D eigenvalue weighted by Gasteiger charge is -2.21. The quantitative estimate of drug-likeness (QED) is 0.464. The molecule has 1 aliphatic rings. The van der Waals surface area contributed by atoms with Gasteiger partial charge in [0, 0.05) is 0 Å². The summed E-state index contributed by atoms with van der Waals surface area (Å²) in [5.74, 6) is -1.26. The zero-order valence-corrected chi connectivity index (χ0v) is 12.0. The molecular formula is C13H22O7. The van der Waals surface area contributed by atoms with Gasteiger partial charge in [-0.2, -0.15) is 0 Å². The predicted octanol–water partition coefficient (Wildman–Crippen LogP) is 0.162. The zero-order valence-electron chi connectivity index (χ0n) is 12.0. The molecule has 0 N–H and O–H groups in total. The third-order valence-electron chi connectivity index (χ3n) is 2.69. The van der Waals surface area contributed by atoms with E-state index in [9.17, 15) is 9.59 Å². The van der Waals surface area contributed by atoms with E-state index in [1.807, 2.05) is 0 Å². The highest BCUT2D eigenvalue weighted by Gasteiger charge is 2.39. The minimum atomic E-state index is -1.33. The lowest BCUT2D eigenvalue weighted by atomic mass is 9.94. The molecule has 116 valence electrons. The van der Waals surface area contributed by atoms with Gasteiger partial charge in [0.25, 0.3) is 0 Å². The number of esters is 2. The van der Waals surface area contributed by atoms with Crippen LogP contribution < -0.4 is 0 Å². The van der Waals surface area contributed by atoms with Gasteiger partial charge in [0.15, 0.2) is 5.41 Å². The van der Waals surface area contributed by atoms with E-state index in [0.29, 0.717) is 26.4 Å². The molecule has 7 heteroatoms. The van der Waals surface area contributed by atoms with Crippen molar-refractivity contribution in [2.45, 2.75) is 13.8 Å². The molecule has 0 unspecified atom stereocenters. The zero-order chi connectivity index (χ0) is 14.8. The van der Waals surface area contributed by atoms with Crippen LogP contribution in [-0.2, 0) is 33.3 Å². The molecule has 0 bridgehead atoms. The normalized spacial score (nSPS) is 23.7. The van der Waals surface area contributed by atoms with Crippen molar-refractivity contribution in [3.05, 3.63) is 0 Å². The molecule has 0 spiro atoms. The van der Waals surface area contributed by atoms with E-state index in [4.69, 9.17) is 23.7 Å². The van der Waals surface area contributed by atoms with Crippen LogP contribution in [0.4, 0.5) is 0 Å². The maximum Gasteiger partial charge on any atom is 0.322 e. The van der Waals surface area contributed by atoms with E-state index in [1.54, 1.807) is 0 Å². The molecule has 1 rings (SSSR count). The molecular weight excluding hydrogens is 268 g/mol. The molecule has 20 heavy (non-hydrogen) atoms. The first-order valence-corrected chi connectivity index (χ1v) is 6.63. The molecule has 0 aromatic heterocycles. The van der Waals surface area contributed by atoms with Gasteiger partial charge < -0.3 is 23.7 Å². The minimum absolute atomic E-state index is 0.0959. The van der Waals surface area contributed by atoms with E-state index >= 15 is 0 Å². The Hall–Kier alpha value is -1.18. The Morgan fingerprint density at radius 3 is 1.30 bits per heavy atom. The van der Waals surface area contributed by atoms with E-state index in [-0.39, 0.29) is 26.4 Å². The van der Waals surface area contributed by atoms with Crippen molar-refractivity contribution < 1.29 is 33.3 Å². The Balaban J connectivity index is 2.47. The Kier molecular flexibility index (Phi) is 7.50. The molecule has 1 heterocycles. The molecule has 0 aromatic carbocycles. The Morgan fingerprint density at radius 2 is 0.950 bits per heavy atom. The number of rotatable bonds is 0. The Morgan fingerprint density at radius 1 is 0.650 bits per heavy atom. The number of ether oxygens (including phenoxy) is 5. The van der Waals surface area contributed by atoms with Crippen molar-refractivity contribution in [1.29, 1.82) is 0 Å². The second kappa shape index (κ2) is 8.89. The van der Waals surface area contributed by atoms with E-state index in [2.05, 4.69) is 0 Å². The monoisotopic (exact) mass is 290 g/mol. The van der Waals surface area contributed by atoms with Crippen LogP contribution in [0, 0.1) is 5.41 Å². The first-order valence-electron chi connectivity index (χ1n) is 6.63. The summed E-state index contributed by atoms with van der Waals surface area (Å²) in [6.07, 6.45) is 0. The van der Waals surface area contributed by atoms with Gasteiger partial charge in [0.2, 0.25) is 0 Å². The predicted molar refractivity (Wildman–Crippen MR) is 68.2 cm³/mol. The van der Waals surface area contributed by atoms with E-state index in [1.165, 1.54) is 13.8 Å². The average Bonchev–Trinajstić information content (AvgIpc) is 2.42. The van der Waals surface area contributed by atoms with Gasteiger partial charge in [-0.15, -0.1) is 0 Å². The Bertz CT molecular complexity index is 286. The number of carbonyl (C=O) groups excluding carboxylic acids is 2. The van der Waals surface area contributed by atoms with Crippen molar-refractivity contribution >= 4 is 11.9 Å². The summed E-state index contributed by atoms with van der Waals surface area (Å²) in [5, 5.41) is 0. The van der Waals surface area contributed by atoms with Crippen molar-refractivity contribution in [1.82, 2.24) is 0 Å². The summed E-state index contributed by atoms with van der Waals surface area (Å²) in [5.41, 5.74) is -1.33. The lowest BCUT2D eigenvalue weighted by Crippen LogP contribution is -2.37. The number of hydrogen-bond acceptors (Lipinski definition) is 7. The number of cyclic esters (lactones) is 2. The number of carbonyl (C=O) groups is 2. The molecule has 7 nitrogen and oxygen atoms in total. The van der Waals surface area contributed by atoms with Crippen LogP contribution in [0.2, 0.25) is 0 Å². The topological polar surface area (TPSA) is 80.3 Å². The fraction of sp³-hybridized carbons (Fsp3) is 0.846. The van der Waals surface area contributed by atoms with Crippen LogP contribution in [0.15, 0.2) is 0 Å². The third kappa shape index (κ3) is 5.85. The molecule has 0 saturated carbocycles. The van der Waals surface area contributed by atoms with Crippen molar-refractivity contribution in [2.75, 3.05) is 52.9 Å². The first-order chi connectivity index (χ1) is 9.55. The maximum absolute atomic E-state index is 11.8. The van der Waals surface area contributed by atoms with Gasteiger partial charge >= 0.3 is 11.9 Å². The van der Waals surface area contributed by atoms with Crippen LogP contribution in [0.25, 0.3) is 0 Å². The highest BCUT2D eigenvalue weighted by atomic mass is 16.6. The molecule has 0 amide bonds. The highest BCUT2D eigenvalue weighted by Crippen LogP contribution is 2.19. The van der Waals surface area contributed by atoms with Crippen molar-refractivity contribution in [2.24, 2.45) is 5.41 Å². The molecule has 0 aromatic rings. The molecule has 0 atom stereocenters. The van der Waals surface area contributed by atoms with Crippen molar-refractivity contribution in [3.63, 3.8) is 0 Å². The average molecular weight is 290 g/mol. The standard InChI is InChI=1S/C13H22O7/c1-13(2)11(14)19-9-7-17-5-3-16-4-6-18-8-10-20-12(13)15/h3-10H2,1-2H3. The summed E-state index contributed by atoms with van der Waals surface area (Å²) >= 11 is 0. The lowest BCUT2D eigenvalue weighted by molar-refractivity contribution is -0.171. The molecule has 1 saturated heterocycles.